The van der Waals surface area contributed by atoms with Gasteiger partial charge in [0.2, 0.25) is 0 Å². The Bertz CT molecular complexity index is 871. The summed E-state index contributed by atoms with van der Waals surface area (Å²) in [5, 5.41) is 0.262. The number of pyridine rings is 1. The first-order valence-electron chi connectivity index (χ1n) is 5.82. The number of hydrogen-bond donors (Lipinski definition) is 0. The zero-order valence-electron chi connectivity index (χ0n) is 10.1. The zero-order valence-corrected chi connectivity index (χ0v) is 10.1. The largest absolute Gasteiger partial charge is 0.313 e. The number of hydrogen-bond acceptors (Lipinski definition) is 1. The second-order valence-electron chi connectivity index (χ2n) is 4.31. The van der Waals surface area contributed by atoms with Gasteiger partial charge in [0, 0.05) is 23.7 Å². The number of aromatic nitrogens is 1. The fourth-order valence-corrected chi connectivity index (χ4v) is 2.11. The summed E-state index contributed by atoms with van der Waals surface area (Å²) < 4.78 is 41.5. The Kier molecular flexibility index (Phi) is 2.82. The lowest BCUT2D eigenvalue weighted by molar-refractivity contribution is 0.578. The lowest BCUT2D eigenvalue weighted by atomic mass is 10.2. The quantitative estimate of drug-likeness (QED) is 0.667. The Hall–Kier alpha value is -2.56. The maximum atomic E-state index is 13.8. The van der Waals surface area contributed by atoms with E-state index >= 15 is 0 Å². The summed E-state index contributed by atoms with van der Waals surface area (Å²) in [4.78, 5) is 11.7. The third-order valence-electron chi connectivity index (χ3n) is 3.03. The Morgan fingerprint density at radius 2 is 1.55 bits per heavy atom. The summed E-state index contributed by atoms with van der Waals surface area (Å²) in [7, 11) is 0. The first-order chi connectivity index (χ1) is 9.56. The van der Waals surface area contributed by atoms with Gasteiger partial charge >= 0.3 is 0 Å². The van der Waals surface area contributed by atoms with E-state index in [4.69, 9.17) is 0 Å². The van der Waals surface area contributed by atoms with Crippen molar-refractivity contribution in [2.24, 2.45) is 0 Å². The second kappa shape index (κ2) is 4.52. The molecule has 3 aromatic rings. The van der Waals surface area contributed by atoms with Crippen LogP contribution in [-0.2, 0) is 0 Å². The Balaban J connectivity index is 2.39. The predicted octanol–water partition coefficient (Wildman–Crippen LogP) is 3.41. The van der Waals surface area contributed by atoms with Crippen LogP contribution < -0.4 is 5.43 Å². The monoisotopic (exact) mass is 275 g/mol. The van der Waals surface area contributed by atoms with E-state index in [0.717, 1.165) is 24.3 Å². The van der Waals surface area contributed by atoms with Gasteiger partial charge in [0.15, 0.2) is 5.43 Å². The minimum Gasteiger partial charge on any atom is -0.313 e. The molecular formula is C15H8F3NO. The van der Waals surface area contributed by atoms with Gasteiger partial charge in [0.1, 0.15) is 17.5 Å². The van der Waals surface area contributed by atoms with Crippen LogP contribution in [0.1, 0.15) is 0 Å². The number of fused-ring (bicyclic) bond motifs is 1. The minimum atomic E-state index is -0.792. The molecule has 0 aliphatic rings. The van der Waals surface area contributed by atoms with Crippen LogP contribution in [0.25, 0.3) is 16.6 Å². The fourth-order valence-electron chi connectivity index (χ4n) is 2.11. The van der Waals surface area contributed by atoms with Crippen molar-refractivity contribution in [3.63, 3.8) is 0 Å². The van der Waals surface area contributed by atoms with Crippen LogP contribution in [0.15, 0.2) is 53.5 Å². The molecule has 0 radical (unpaired) electrons. The second-order valence-corrected chi connectivity index (χ2v) is 4.31. The standard InChI is InChI=1S/C15H8F3NO/c16-9-2-4-13(12(18)7-9)19-6-5-15(20)11-3-1-10(17)8-14(11)19/h1-8H. The molecule has 0 bridgehead atoms. The SMILES string of the molecule is O=c1ccn(-c2ccc(F)cc2F)c2cc(F)ccc12. The highest BCUT2D eigenvalue weighted by Crippen LogP contribution is 2.20. The van der Waals surface area contributed by atoms with Crippen molar-refractivity contribution in [2.75, 3.05) is 0 Å². The van der Waals surface area contributed by atoms with Crippen LogP contribution in [0.4, 0.5) is 13.2 Å². The molecule has 0 spiro atoms. The van der Waals surface area contributed by atoms with Crippen molar-refractivity contribution in [3.05, 3.63) is 76.3 Å². The lowest BCUT2D eigenvalue weighted by Crippen LogP contribution is -2.08. The molecule has 0 amide bonds. The summed E-state index contributed by atoms with van der Waals surface area (Å²) in [6, 6.07) is 7.96. The first kappa shape index (κ1) is 12.5. The van der Waals surface area contributed by atoms with Crippen molar-refractivity contribution >= 4 is 10.9 Å². The van der Waals surface area contributed by atoms with Gasteiger partial charge in [-0.2, -0.15) is 0 Å². The maximum Gasteiger partial charge on any atom is 0.189 e. The molecule has 0 atom stereocenters. The van der Waals surface area contributed by atoms with Gasteiger partial charge < -0.3 is 4.57 Å². The van der Waals surface area contributed by atoms with E-state index in [2.05, 4.69) is 0 Å². The Labute approximate surface area is 111 Å². The highest BCUT2D eigenvalue weighted by atomic mass is 19.1. The van der Waals surface area contributed by atoms with Gasteiger partial charge in [-0.15, -0.1) is 0 Å². The fraction of sp³-hybridized carbons (Fsp3) is 0. The molecule has 100 valence electrons. The van der Waals surface area contributed by atoms with E-state index in [1.54, 1.807) is 0 Å². The number of benzene rings is 2. The van der Waals surface area contributed by atoms with Crippen molar-refractivity contribution < 1.29 is 13.2 Å². The summed E-state index contributed by atoms with van der Waals surface area (Å²) in [6.45, 7) is 0. The molecule has 20 heavy (non-hydrogen) atoms. The number of rotatable bonds is 1. The van der Waals surface area contributed by atoms with Crippen LogP contribution in [0.2, 0.25) is 0 Å². The lowest BCUT2D eigenvalue weighted by Gasteiger charge is -2.11. The van der Waals surface area contributed by atoms with E-state index in [1.807, 2.05) is 0 Å². The summed E-state index contributed by atoms with van der Waals surface area (Å²) in [5.41, 5.74) is -0.0243. The van der Waals surface area contributed by atoms with Gasteiger partial charge in [-0.3, -0.25) is 4.79 Å². The third kappa shape index (κ3) is 1.97. The molecule has 0 saturated carbocycles. The molecule has 0 aliphatic carbocycles. The summed E-state index contributed by atoms with van der Waals surface area (Å²) >= 11 is 0. The van der Waals surface area contributed by atoms with Crippen molar-refractivity contribution in [3.8, 4) is 5.69 Å². The Morgan fingerprint density at radius 1 is 0.850 bits per heavy atom. The topological polar surface area (TPSA) is 22.0 Å². The van der Waals surface area contributed by atoms with E-state index < -0.39 is 17.5 Å². The van der Waals surface area contributed by atoms with Crippen LogP contribution in [0.5, 0.6) is 0 Å². The van der Waals surface area contributed by atoms with Crippen LogP contribution in [0.3, 0.4) is 0 Å². The van der Waals surface area contributed by atoms with Crippen molar-refractivity contribution in [2.45, 2.75) is 0 Å². The van der Waals surface area contributed by atoms with E-state index in [1.165, 1.54) is 29.0 Å². The highest BCUT2D eigenvalue weighted by Gasteiger charge is 2.10. The van der Waals surface area contributed by atoms with Gasteiger partial charge in [-0.05, 0) is 30.3 Å². The highest BCUT2D eigenvalue weighted by molar-refractivity contribution is 5.80. The predicted molar refractivity (Wildman–Crippen MR) is 69.4 cm³/mol. The molecule has 5 heteroatoms. The van der Waals surface area contributed by atoms with Gasteiger partial charge in [-0.1, -0.05) is 0 Å². The molecule has 1 heterocycles. The molecular weight excluding hydrogens is 267 g/mol. The molecule has 0 aliphatic heterocycles. The van der Waals surface area contributed by atoms with Crippen LogP contribution in [-0.4, -0.2) is 4.57 Å². The van der Waals surface area contributed by atoms with Crippen molar-refractivity contribution in [1.82, 2.24) is 4.57 Å². The molecule has 0 saturated heterocycles. The molecule has 0 fully saturated rings. The van der Waals surface area contributed by atoms with Crippen LogP contribution in [0, 0.1) is 17.5 Å². The Morgan fingerprint density at radius 3 is 2.30 bits per heavy atom. The normalized spacial score (nSPS) is 10.9. The zero-order chi connectivity index (χ0) is 14.3. The smallest absolute Gasteiger partial charge is 0.189 e. The molecule has 1 aromatic heterocycles. The number of halogens is 3. The first-order valence-corrected chi connectivity index (χ1v) is 5.82. The average Bonchev–Trinajstić information content (AvgIpc) is 2.40. The van der Waals surface area contributed by atoms with Gasteiger partial charge in [-0.25, -0.2) is 13.2 Å². The van der Waals surface area contributed by atoms with Gasteiger partial charge in [0.25, 0.3) is 0 Å². The third-order valence-corrected chi connectivity index (χ3v) is 3.03. The van der Waals surface area contributed by atoms with E-state index in [0.29, 0.717) is 0 Å². The molecule has 0 unspecified atom stereocenters. The molecule has 2 aromatic carbocycles. The summed E-state index contributed by atoms with van der Waals surface area (Å²) in [6.07, 6.45) is 1.33. The molecule has 2 nitrogen and oxygen atoms in total. The van der Waals surface area contributed by atoms with Gasteiger partial charge in [0.05, 0.1) is 11.2 Å². The molecule has 3 rings (SSSR count). The van der Waals surface area contributed by atoms with Crippen molar-refractivity contribution in [1.29, 1.82) is 0 Å². The number of nitrogens with zero attached hydrogens (tertiary/aromatic N) is 1. The molecule has 0 N–H and O–H groups in total. The average molecular weight is 275 g/mol. The van der Waals surface area contributed by atoms with E-state index in [9.17, 15) is 18.0 Å². The maximum absolute atomic E-state index is 13.8. The minimum absolute atomic E-state index is 0.0435. The van der Waals surface area contributed by atoms with E-state index in [-0.39, 0.29) is 22.0 Å². The van der Waals surface area contributed by atoms with Crippen LogP contribution >= 0.6 is 0 Å². The summed E-state index contributed by atoms with van der Waals surface area (Å²) in [5.74, 6) is -2.04.